The van der Waals surface area contributed by atoms with Crippen LogP contribution in [0.25, 0.3) is 0 Å². The third-order valence-corrected chi connectivity index (χ3v) is 5.61. The average molecular weight is 316 g/mol. The first-order valence-electron chi connectivity index (χ1n) is 8.97. The van der Waals surface area contributed by atoms with Gasteiger partial charge in [0, 0.05) is 31.1 Å². The summed E-state index contributed by atoms with van der Waals surface area (Å²) >= 11 is 0. The molecule has 1 aliphatic carbocycles. The zero-order valence-corrected chi connectivity index (χ0v) is 13.5. The Kier molecular flexibility index (Phi) is 4.10. The SMILES string of the molecule is O=C(CC1CC2CCC(C1)N2)N(Cc1ccc(F)cc1)C1CC1. The van der Waals surface area contributed by atoms with Crippen LogP contribution in [-0.4, -0.2) is 28.9 Å². The van der Waals surface area contributed by atoms with E-state index in [2.05, 4.69) is 5.32 Å². The number of nitrogens with one attached hydrogen (secondary N) is 1. The van der Waals surface area contributed by atoms with Crippen LogP contribution in [0.15, 0.2) is 24.3 Å². The zero-order chi connectivity index (χ0) is 15.8. The fourth-order valence-electron chi connectivity index (χ4n) is 4.30. The third kappa shape index (κ3) is 3.57. The van der Waals surface area contributed by atoms with Crippen molar-refractivity contribution in [3.05, 3.63) is 35.6 Å². The van der Waals surface area contributed by atoms with Gasteiger partial charge in [0.05, 0.1) is 0 Å². The molecule has 2 unspecified atom stereocenters. The largest absolute Gasteiger partial charge is 0.335 e. The van der Waals surface area contributed by atoms with Gasteiger partial charge in [0.25, 0.3) is 0 Å². The molecular weight excluding hydrogens is 291 g/mol. The minimum atomic E-state index is -0.219. The second kappa shape index (κ2) is 6.23. The molecule has 1 amide bonds. The van der Waals surface area contributed by atoms with E-state index in [-0.39, 0.29) is 5.82 Å². The molecule has 3 nitrogen and oxygen atoms in total. The summed E-state index contributed by atoms with van der Waals surface area (Å²) in [6.07, 6.45) is 7.77. The van der Waals surface area contributed by atoms with Crippen LogP contribution in [0.1, 0.15) is 50.5 Å². The predicted molar refractivity (Wildman–Crippen MR) is 87.3 cm³/mol. The number of hydrogen-bond acceptors (Lipinski definition) is 2. The summed E-state index contributed by atoms with van der Waals surface area (Å²) in [5, 5.41) is 3.64. The van der Waals surface area contributed by atoms with E-state index in [1.807, 2.05) is 4.90 Å². The fourth-order valence-corrected chi connectivity index (χ4v) is 4.30. The van der Waals surface area contributed by atoms with Gasteiger partial charge < -0.3 is 10.2 Å². The van der Waals surface area contributed by atoms with Gasteiger partial charge in [0.2, 0.25) is 5.91 Å². The summed E-state index contributed by atoms with van der Waals surface area (Å²) in [7, 11) is 0. The van der Waals surface area contributed by atoms with Crippen molar-refractivity contribution in [1.29, 1.82) is 0 Å². The Labute approximate surface area is 137 Å². The van der Waals surface area contributed by atoms with Gasteiger partial charge in [0.1, 0.15) is 5.82 Å². The Balaban J connectivity index is 1.38. The first-order valence-corrected chi connectivity index (χ1v) is 8.97. The van der Waals surface area contributed by atoms with E-state index in [4.69, 9.17) is 0 Å². The second-order valence-electron chi connectivity index (χ2n) is 7.56. The van der Waals surface area contributed by atoms with Crippen LogP contribution >= 0.6 is 0 Å². The normalized spacial score (nSPS) is 29.5. The van der Waals surface area contributed by atoms with Gasteiger partial charge in [-0.1, -0.05) is 12.1 Å². The molecule has 0 radical (unpaired) electrons. The number of amides is 1. The lowest BCUT2D eigenvalue weighted by molar-refractivity contribution is -0.133. The van der Waals surface area contributed by atoms with Crippen molar-refractivity contribution in [3.8, 4) is 0 Å². The maximum Gasteiger partial charge on any atom is 0.223 e. The Morgan fingerprint density at radius 2 is 1.74 bits per heavy atom. The lowest BCUT2D eigenvalue weighted by Crippen LogP contribution is -2.40. The fraction of sp³-hybridized carbons (Fsp3) is 0.632. The second-order valence-corrected chi connectivity index (χ2v) is 7.56. The molecule has 2 heterocycles. The molecular formula is C19H25FN2O. The highest BCUT2D eigenvalue weighted by molar-refractivity contribution is 5.77. The van der Waals surface area contributed by atoms with Crippen molar-refractivity contribution < 1.29 is 9.18 Å². The van der Waals surface area contributed by atoms with Crippen LogP contribution in [0.2, 0.25) is 0 Å². The molecule has 2 atom stereocenters. The standard InChI is InChI=1S/C19H25FN2O/c20-15-3-1-13(2-4-15)12-22(18-7-8-18)19(23)11-14-9-16-5-6-17(10-14)21-16/h1-4,14,16-18,21H,5-12H2. The van der Waals surface area contributed by atoms with Gasteiger partial charge in [-0.05, 0) is 62.1 Å². The molecule has 2 bridgehead atoms. The van der Waals surface area contributed by atoms with Crippen molar-refractivity contribution in [2.24, 2.45) is 5.92 Å². The number of benzene rings is 1. The topological polar surface area (TPSA) is 32.3 Å². The third-order valence-electron chi connectivity index (χ3n) is 5.61. The van der Waals surface area contributed by atoms with Gasteiger partial charge in [-0.25, -0.2) is 4.39 Å². The summed E-state index contributed by atoms with van der Waals surface area (Å²) in [5.41, 5.74) is 1.03. The molecule has 124 valence electrons. The monoisotopic (exact) mass is 316 g/mol. The Morgan fingerprint density at radius 3 is 2.35 bits per heavy atom. The van der Waals surface area contributed by atoms with Crippen molar-refractivity contribution >= 4 is 5.91 Å². The molecule has 4 heteroatoms. The molecule has 0 aromatic heterocycles. The average Bonchev–Trinajstić information content (AvgIpc) is 3.31. The van der Waals surface area contributed by atoms with Gasteiger partial charge in [-0.15, -0.1) is 0 Å². The van der Waals surface area contributed by atoms with E-state index in [0.717, 1.165) is 31.2 Å². The Bertz CT molecular complexity index is 557. The summed E-state index contributed by atoms with van der Waals surface area (Å²) in [4.78, 5) is 14.9. The quantitative estimate of drug-likeness (QED) is 0.904. The molecule has 0 spiro atoms. The van der Waals surface area contributed by atoms with Gasteiger partial charge in [-0.2, -0.15) is 0 Å². The van der Waals surface area contributed by atoms with Gasteiger partial charge in [-0.3, -0.25) is 4.79 Å². The zero-order valence-electron chi connectivity index (χ0n) is 13.5. The van der Waals surface area contributed by atoms with Crippen molar-refractivity contribution in [2.45, 2.75) is 69.6 Å². The van der Waals surface area contributed by atoms with E-state index < -0.39 is 0 Å². The lowest BCUT2D eigenvalue weighted by Gasteiger charge is -2.31. The number of carbonyl (C=O) groups is 1. The van der Waals surface area contributed by atoms with Crippen LogP contribution in [0.3, 0.4) is 0 Å². The molecule has 3 aliphatic rings. The molecule has 1 saturated carbocycles. The van der Waals surface area contributed by atoms with Crippen LogP contribution in [-0.2, 0) is 11.3 Å². The van der Waals surface area contributed by atoms with E-state index in [9.17, 15) is 9.18 Å². The van der Waals surface area contributed by atoms with Gasteiger partial charge >= 0.3 is 0 Å². The molecule has 1 aromatic carbocycles. The van der Waals surface area contributed by atoms with E-state index >= 15 is 0 Å². The van der Waals surface area contributed by atoms with E-state index in [0.29, 0.717) is 42.9 Å². The maximum atomic E-state index is 13.1. The summed E-state index contributed by atoms with van der Waals surface area (Å²) in [6, 6.07) is 8.23. The number of hydrogen-bond donors (Lipinski definition) is 1. The molecule has 2 saturated heterocycles. The van der Waals surface area contributed by atoms with Crippen molar-refractivity contribution in [2.75, 3.05) is 0 Å². The number of piperidine rings is 1. The number of fused-ring (bicyclic) bond motifs is 2. The van der Waals surface area contributed by atoms with E-state index in [1.54, 1.807) is 12.1 Å². The highest BCUT2D eigenvalue weighted by atomic mass is 19.1. The molecule has 3 fully saturated rings. The summed E-state index contributed by atoms with van der Waals surface area (Å²) < 4.78 is 13.1. The maximum absolute atomic E-state index is 13.1. The van der Waals surface area contributed by atoms with Crippen molar-refractivity contribution in [1.82, 2.24) is 10.2 Å². The summed E-state index contributed by atoms with van der Waals surface area (Å²) in [5.74, 6) is 0.613. The lowest BCUT2D eigenvalue weighted by atomic mass is 9.89. The highest BCUT2D eigenvalue weighted by Crippen LogP contribution is 2.35. The number of rotatable bonds is 5. The number of nitrogens with zero attached hydrogens (tertiary/aromatic N) is 1. The first kappa shape index (κ1) is 15.1. The van der Waals surface area contributed by atoms with Crippen molar-refractivity contribution in [3.63, 3.8) is 0 Å². The van der Waals surface area contributed by atoms with Crippen LogP contribution in [0.4, 0.5) is 4.39 Å². The minimum Gasteiger partial charge on any atom is -0.335 e. The highest BCUT2D eigenvalue weighted by Gasteiger charge is 2.37. The number of carbonyl (C=O) groups excluding carboxylic acids is 1. The molecule has 23 heavy (non-hydrogen) atoms. The minimum absolute atomic E-state index is 0.219. The molecule has 2 aliphatic heterocycles. The van der Waals surface area contributed by atoms with Crippen LogP contribution in [0, 0.1) is 11.7 Å². The Hall–Kier alpha value is -1.42. The van der Waals surface area contributed by atoms with E-state index in [1.165, 1.54) is 25.0 Å². The van der Waals surface area contributed by atoms with Crippen LogP contribution < -0.4 is 5.32 Å². The van der Waals surface area contributed by atoms with Crippen LogP contribution in [0.5, 0.6) is 0 Å². The number of halogens is 1. The Morgan fingerprint density at radius 1 is 1.09 bits per heavy atom. The summed E-state index contributed by atoms with van der Waals surface area (Å²) in [6.45, 7) is 0.627. The molecule has 4 rings (SSSR count). The first-order chi connectivity index (χ1) is 11.2. The molecule has 1 N–H and O–H groups in total. The molecule has 1 aromatic rings. The predicted octanol–water partition coefficient (Wildman–Crippen LogP) is 3.24. The van der Waals surface area contributed by atoms with Gasteiger partial charge in [0.15, 0.2) is 0 Å². The smallest absolute Gasteiger partial charge is 0.223 e.